The van der Waals surface area contributed by atoms with Crippen LogP contribution in [0.15, 0.2) is 36.5 Å². The average Bonchev–Trinajstić information content (AvgIpc) is 2.00. The molecule has 0 unspecified atom stereocenters. The Morgan fingerprint density at radius 2 is 1.50 bits per heavy atom. The molecule has 0 aromatic carbocycles. The fraction of sp³-hybridized carbons (Fsp3) is 0.222. The lowest BCUT2D eigenvalue weighted by Gasteiger charge is -1.92. The van der Waals surface area contributed by atoms with Crippen LogP contribution >= 0.6 is 0 Å². The normalized spacial score (nSPS) is 14.6. The van der Waals surface area contributed by atoms with E-state index in [1.807, 2.05) is 13.8 Å². The highest BCUT2D eigenvalue weighted by atomic mass is 16.1. The molecule has 0 radical (unpaired) electrons. The molecule has 0 aromatic heterocycles. The molecule has 1 aliphatic rings. The van der Waals surface area contributed by atoms with Gasteiger partial charge in [-0.05, 0) is 17.7 Å². The lowest BCUT2D eigenvalue weighted by molar-refractivity contribution is -0.110. The fourth-order valence-electron chi connectivity index (χ4n) is 0.489. The highest BCUT2D eigenvalue weighted by Gasteiger charge is 1.93. The second-order valence-electron chi connectivity index (χ2n) is 1.64. The van der Waals surface area contributed by atoms with E-state index in [9.17, 15) is 4.79 Å². The molecule has 1 rings (SSSR count). The Morgan fingerprint density at radius 3 is 1.80 bits per heavy atom. The number of allylic oxidation sites excluding steroid dienone is 5. The maximum absolute atomic E-state index is 10.4. The Labute approximate surface area is 61.8 Å². The fourth-order valence-corrected chi connectivity index (χ4v) is 0.489. The first kappa shape index (κ1) is 8.89. The zero-order valence-corrected chi connectivity index (χ0v) is 6.42. The van der Waals surface area contributed by atoms with E-state index >= 15 is 0 Å². The van der Waals surface area contributed by atoms with Crippen LogP contribution < -0.4 is 0 Å². The van der Waals surface area contributed by atoms with E-state index in [1.165, 1.54) is 12.2 Å². The van der Waals surface area contributed by atoms with Gasteiger partial charge in [0.1, 0.15) is 0 Å². The summed E-state index contributed by atoms with van der Waals surface area (Å²) in [6.07, 6.45) is 6.40. The van der Waals surface area contributed by atoms with E-state index in [4.69, 9.17) is 0 Å². The third-order valence-corrected chi connectivity index (χ3v) is 0.923. The Morgan fingerprint density at radius 1 is 1.10 bits per heavy atom. The highest BCUT2D eigenvalue weighted by Crippen LogP contribution is 2.00. The van der Waals surface area contributed by atoms with Crippen LogP contribution in [0.4, 0.5) is 0 Å². The topological polar surface area (TPSA) is 17.1 Å². The Kier molecular flexibility index (Phi) is 4.21. The van der Waals surface area contributed by atoms with Gasteiger partial charge in [-0.2, -0.15) is 0 Å². The molecule has 0 aromatic rings. The van der Waals surface area contributed by atoms with Crippen molar-refractivity contribution in [3.8, 4) is 0 Å². The van der Waals surface area contributed by atoms with E-state index < -0.39 is 0 Å². The zero-order chi connectivity index (χ0) is 7.98. The molecular formula is C9H12O. The standard InChI is InChI=1S/C7H6O.C2H6/c1-6-2-4-7(8)5-3-6;1-2/h2-5H,1H2;1-2H3. The molecule has 1 heteroatoms. The van der Waals surface area contributed by atoms with Crippen molar-refractivity contribution in [2.75, 3.05) is 0 Å². The van der Waals surface area contributed by atoms with Gasteiger partial charge in [0, 0.05) is 0 Å². The van der Waals surface area contributed by atoms with Crippen molar-refractivity contribution in [3.63, 3.8) is 0 Å². The van der Waals surface area contributed by atoms with Gasteiger partial charge >= 0.3 is 0 Å². The SMILES string of the molecule is C=C1C=CC(=O)C=C1.CC. The molecule has 0 saturated carbocycles. The highest BCUT2D eigenvalue weighted by molar-refractivity contribution is 6.01. The summed E-state index contributed by atoms with van der Waals surface area (Å²) < 4.78 is 0. The van der Waals surface area contributed by atoms with Crippen LogP contribution in [0.2, 0.25) is 0 Å². The first-order valence-electron chi connectivity index (χ1n) is 3.38. The molecule has 0 atom stereocenters. The lowest BCUT2D eigenvalue weighted by atomic mass is 10.1. The molecular weight excluding hydrogens is 124 g/mol. The van der Waals surface area contributed by atoms with Gasteiger partial charge in [0.15, 0.2) is 5.78 Å². The maximum atomic E-state index is 10.4. The third-order valence-electron chi connectivity index (χ3n) is 0.923. The van der Waals surface area contributed by atoms with Gasteiger partial charge in [-0.15, -0.1) is 0 Å². The monoisotopic (exact) mass is 136 g/mol. The summed E-state index contributed by atoms with van der Waals surface area (Å²) in [5, 5.41) is 0. The second-order valence-corrected chi connectivity index (χ2v) is 1.64. The molecule has 0 fully saturated rings. The molecule has 1 nitrogen and oxygen atoms in total. The molecule has 10 heavy (non-hydrogen) atoms. The van der Waals surface area contributed by atoms with Crippen molar-refractivity contribution < 1.29 is 4.79 Å². The molecule has 0 N–H and O–H groups in total. The van der Waals surface area contributed by atoms with Crippen molar-refractivity contribution in [3.05, 3.63) is 36.5 Å². The van der Waals surface area contributed by atoms with Gasteiger partial charge in [0.05, 0.1) is 0 Å². The van der Waals surface area contributed by atoms with Crippen LogP contribution in [-0.2, 0) is 4.79 Å². The summed E-state index contributed by atoms with van der Waals surface area (Å²) in [6, 6.07) is 0. The smallest absolute Gasteiger partial charge is 0.178 e. The Hall–Kier alpha value is -1.11. The first-order chi connectivity index (χ1) is 4.79. The van der Waals surface area contributed by atoms with Gasteiger partial charge in [-0.1, -0.05) is 32.6 Å². The predicted molar refractivity (Wildman–Crippen MR) is 43.8 cm³/mol. The number of hydrogen-bond acceptors (Lipinski definition) is 1. The lowest BCUT2D eigenvalue weighted by Crippen LogP contribution is -1.89. The number of hydrogen-bond donors (Lipinski definition) is 0. The number of ketones is 1. The second kappa shape index (κ2) is 4.74. The van der Waals surface area contributed by atoms with E-state index in [1.54, 1.807) is 12.2 Å². The molecule has 0 heterocycles. The maximum Gasteiger partial charge on any atom is 0.178 e. The Balaban J connectivity index is 0.000000371. The molecule has 1 aliphatic carbocycles. The van der Waals surface area contributed by atoms with E-state index in [-0.39, 0.29) is 5.78 Å². The zero-order valence-electron chi connectivity index (χ0n) is 6.42. The van der Waals surface area contributed by atoms with Crippen molar-refractivity contribution in [1.82, 2.24) is 0 Å². The van der Waals surface area contributed by atoms with Crippen LogP contribution in [0, 0.1) is 0 Å². The summed E-state index contributed by atoms with van der Waals surface area (Å²) >= 11 is 0. The van der Waals surface area contributed by atoms with Gasteiger partial charge in [0.2, 0.25) is 0 Å². The summed E-state index contributed by atoms with van der Waals surface area (Å²) in [5.74, 6) is 0.0393. The number of carbonyl (C=O) groups is 1. The van der Waals surface area contributed by atoms with Crippen LogP contribution in [0.5, 0.6) is 0 Å². The summed E-state index contributed by atoms with van der Waals surface area (Å²) in [4.78, 5) is 10.4. The molecule has 0 amide bonds. The van der Waals surface area contributed by atoms with E-state index in [0.717, 1.165) is 5.57 Å². The Bertz CT molecular complexity index is 147. The van der Waals surface area contributed by atoms with Crippen molar-refractivity contribution >= 4 is 5.78 Å². The largest absolute Gasteiger partial charge is 0.290 e. The van der Waals surface area contributed by atoms with Gasteiger partial charge in [0.25, 0.3) is 0 Å². The number of carbonyl (C=O) groups excluding carboxylic acids is 1. The van der Waals surface area contributed by atoms with Crippen molar-refractivity contribution in [2.45, 2.75) is 13.8 Å². The summed E-state index contributed by atoms with van der Waals surface area (Å²) in [5.41, 5.74) is 0.879. The minimum atomic E-state index is 0.0393. The van der Waals surface area contributed by atoms with Crippen LogP contribution in [0.1, 0.15) is 13.8 Å². The van der Waals surface area contributed by atoms with Crippen molar-refractivity contribution in [1.29, 1.82) is 0 Å². The van der Waals surface area contributed by atoms with Crippen LogP contribution in [0.3, 0.4) is 0 Å². The minimum Gasteiger partial charge on any atom is -0.290 e. The van der Waals surface area contributed by atoms with Crippen LogP contribution in [-0.4, -0.2) is 5.78 Å². The molecule has 0 saturated heterocycles. The molecule has 54 valence electrons. The van der Waals surface area contributed by atoms with E-state index in [2.05, 4.69) is 6.58 Å². The molecule has 0 bridgehead atoms. The summed E-state index contributed by atoms with van der Waals surface area (Å²) in [7, 11) is 0. The van der Waals surface area contributed by atoms with E-state index in [0.29, 0.717) is 0 Å². The quantitative estimate of drug-likeness (QED) is 0.499. The average molecular weight is 136 g/mol. The summed E-state index contributed by atoms with van der Waals surface area (Å²) in [6.45, 7) is 7.62. The third kappa shape index (κ3) is 3.02. The van der Waals surface area contributed by atoms with Crippen molar-refractivity contribution in [2.24, 2.45) is 0 Å². The van der Waals surface area contributed by atoms with Gasteiger partial charge < -0.3 is 0 Å². The van der Waals surface area contributed by atoms with Gasteiger partial charge in [-0.3, -0.25) is 4.79 Å². The molecule has 0 aliphatic heterocycles. The number of rotatable bonds is 0. The predicted octanol–water partition coefficient (Wildman–Crippen LogP) is 2.26. The van der Waals surface area contributed by atoms with Gasteiger partial charge in [-0.25, -0.2) is 0 Å². The van der Waals surface area contributed by atoms with Crippen LogP contribution in [0.25, 0.3) is 0 Å². The molecule has 0 spiro atoms. The minimum absolute atomic E-state index is 0.0393. The first-order valence-corrected chi connectivity index (χ1v) is 3.38.